The first-order valence-electron chi connectivity index (χ1n) is 7.86. The highest BCUT2D eigenvalue weighted by Gasteiger charge is 2.10. The molecule has 0 radical (unpaired) electrons. The van der Waals surface area contributed by atoms with E-state index in [4.69, 9.17) is 16.3 Å². The maximum Gasteiger partial charge on any atom is 0.262 e. The van der Waals surface area contributed by atoms with Gasteiger partial charge in [-0.2, -0.15) is 0 Å². The van der Waals surface area contributed by atoms with Gasteiger partial charge in [0, 0.05) is 16.6 Å². The summed E-state index contributed by atoms with van der Waals surface area (Å²) in [6.07, 6.45) is 1.19. The van der Waals surface area contributed by atoms with Crippen molar-refractivity contribution in [2.75, 3.05) is 17.2 Å². The predicted molar refractivity (Wildman–Crippen MR) is 111 cm³/mol. The van der Waals surface area contributed by atoms with Gasteiger partial charge in [0.2, 0.25) is 5.91 Å². The van der Waals surface area contributed by atoms with Gasteiger partial charge in [0.05, 0.1) is 15.2 Å². The maximum absolute atomic E-state index is 12.1. The minimum Gasteiger partial charge on any atom is -0.483 e. The minimum atomic E-state index is -0.362. The van der Waals surface area contributed by atoms with E-state index in [1.54, 1.807) is 24.3 Å². The van der Waals surface area contributed by atoms with Crippen molar-refractivity contribution in [3.05, 3.63) is 50.4 Å². The van der Waals surface area contributed by atoms with E-state index in [-0.39, 0.29) is 18.4 Å². The molecule has 0 saturated carbocycles. The lowest BCUT2D eigenvalue weighted by molar-refractivity contribution is -0.118. The fraction of sp³-hybridized carbons (Fsp3) is 0.222. The summed E-state index contributed by atoms with van der Waals surface area (Å²) in [6.45, 7) is 1.75. The lowest BCUT2D eigenvalue weighted by atomic mass is 10.2. The number of nitrogens with one attached hydrogen (secondary N) is 2. The number of ether oxygens (including phenoxy) is 1. The Balaban J connectivity index is 1.98. The molecule has 2 N–H and O–H groups in total. The third kappa shape index (κ3) is 6.30. The molecule has 26 heavy (non-hydrogen) atoms. The average Bonchev–Trinajstić information content (AvgIpc) is 2.57. The molecule has 0 atom stereocenters. The number of anilines is 2. The fourth-order valence-electron chi connectivity index (χ4n) is 2.07. The number of amides is 2. The second kappa shape index (κ2) is 9.94. The minimum absolute atomic E-state index is 0.0875. The number of hydrogen-bond acceptors (Lipinski definition) is 3. The first-order valence-corrected chi connectivity index (χ1v) is 9.82. The molecule has 0 saturated heterocycles. The Morgan fingerprint density at radius 1 is 1.08 bits per heavy atom. The van der Waals surface area contributed by atoms with Crippen molar-refractivity contribution in [1.29, 1.82) is 0 Å². The van der Waals surface area contributed by atoms with Crippen molar-refractivity contribution in [1.82, 2.24) is 0 Å². The van der Waals surface area contributed by atoms with Gasteiger partial charge in [-0.1, -0.05) is 34.5 Å². The van der Waals surface area contributed by atoms with Crippen LogP contribution in [0.4, 0.5) is 11.4 Å². The molecule has 2 rings (SSSR count). The normalized spacial score (nSPS) is 10.3. The van der Waals surface area contributed by atoms with E-state index in [2.05, 4.69) is 42.5 Å². The molecule has 8 heteroatoms. The van der Waals surface area contributed by atoms with Crippen LogP contribution in [-0.2, 0) is 9.59 Å². The van der Waals surface area contributed by atoms with Crippen LogP contribution in [0, 0.1) is 0 Å². The maximum atomic E-state index is 12.1. The number of halogens is 3. The van der Waals surface area contributed by atoms with E-state index < -0.39 is 0 Å². The van der Waals surface area contributed by atoms with Gasteiger partial charge in [-0.3, -0.25) is 9.59 Å². The first kappa shape index (κ1) is 20.7. The van der Waals surface area contributed by atoms with Crippen molar-refractivity contribution < 1.29 is 14.3 Å². The smallest absolute Gasteiger partial charge is 0.262 e. The van der Waals surface area contributed by atoms with Gasteiger partial charge in [0.1, 0.15) is 5.75 Å². The number of benzene rings is 2. The van der Waals surface area contributed by atoms with Gasteiger partial charge >= 0.3 is 0 Å². The quantitative estimate of drug-likeness (QED) is 0.514. The van der Waals surface area contributed by atoms with Gasteiger partial charge in [0.15, 0.2) is 6.61 Å². The van der Waals surface area contributed by atoms with E-state index in [1.165, 1.54) is 0 Å². The molecular weight excluding hydrogens is 487 g/mol. The molecule has 0 heterocycles. The molecule has 0 unspecified atom stereocenters. The Morgan fingerprint density at radius 2 is 1.85 bits per heavy atom. The molecule has 2 amide bonds. The summed E-state index contributed by atoms with van der Waals surface area (Å²) >= 11 is 12.8. The summed E-state index contributed by atoms with van der Waals surface area (Å²) in [5, 5.41) is 5.82. The van der Waals surface area contributed by atoms with Gasteiger partial charge in [-0.25, -0.2) is 0 Å². The molecule has 0 bridgehead atoms. The molecule has 0 aliphatic rings. The first-order chi connectivity index (χ1) is 12.4. The molecule has 138 valence electrons. The van der Waals surface area contributed by atoms with Gasteiger partial charge in [-0.05, 0) is 58.7 Å². The number of hydrogen-bond donors (Lipinski definition) is 2. The van der Waals surface area contributed by atoms with Gasteiger partial charge in [-0.15, -0.1) is 0 Å². The Morgan fingerprint density at radius 3 is 2.54 bits per heavy atom. The van der Waals surface area contributed by atoms with Crippen LogP contribution in [0.3, 0.4) is 0 Å². The monoisotopic (exact) mass is 502 g/mol. The molecule has 2 aromatic rings. The second-order valence-electron chi connectivity index (χ2n) is 5.40. The van der Waals surface area contributed by atoms with Gasteiger partial charge in [0.25, 0.3) is 5.91 Å². The topological polar surface area (TPSA) is 67.4 Å². The molecular formula is C18H17Br2ClN2O3. The van der Waals surface area contributed by atoms with Crippen molar-refractivity contribution in [3.8, 4) is 5.75 Å². The second-order valence-corrected chi connectivity index (χ2v) is 7.58. The van der Waals surface area contributed by atoms with E-state index in [0.717, 1.165) is 15.4 Å². The predicted octanol–water partition coefficient (Wildman–Crippen LogP) is 5.62. The molecule has 0 fully saturated rings. The highest BCUT2D eigenvalue weighted by Crippen LogP contribution is 2.29. The lowest BCUT2D eigenvalue weighted by Gasteiger charge is -2.12. The third-order valence-electron chi connectivity index (χ3n) is 3.25. The van der Waals surface area contributed by atoms with Crippen molar-refractivity contribution in [3.63, 3.8) is 0 Å². The van der Waals surface area contributed by atoms with Crippen LogP contribution in [-0.4, -0.2) is 18.4 Å². The summed E-state index contributed by atoms with van der Waals surface area (Å²) < 4.78 is 7.13. The van der Waals surface area contributed by atoms with E-state index in [0.29, 0.717) is 28.6 Å². The largest absolute Gasteiger partial charge is 0.483 e. The SMILES string of the molecule is CCCC(=O)Nc1ccc(Cl)c(NC(=O)COc2ccc(Br)cc2Br)c1. The molecule has 0 aromatic heterocycles. The Hall–Kier alpha value is -1.57. The fourth-order valence-corrected chi connectivity index (χ4v) is 3.40. The Kier molecular flexibility index (Phi) is 7.93. The zero-order chi connectivity index (χ0) is 19.1. The number of rotatable bonds is 7. The molecule has 5 nitrogen and oxygen atoms in total. The van der Waals surface area contributed by atoms with Crippen LogP contribution in [0.2, 0.25) is 5.02 Å². The summed E-state index contributed by atoms with van der Waals surface area (Å²) in [4.78, 5) is 23.8. The zero-order valence-electron chi connectivity index (χ0n) is 13.9. The highest BCUT2D eigenvalue weighted by atomic mass is 79.9. The molecule has 0 spiro atoms. The van der Waals surface area contributed by atoms with Crippen LogP contribution >= 0.6 is 43.5 Å². The van der Waals surface area contributed by atoms with E-state index in [1.807, 2.05) is 19.1 Å². The molecule has 0 aliphatic heterocycles. The lowest BCUT2D eigenvalue weighted by Crippen LogP contribution is -2.20. The summed E-state index contributed by atoms with van der Waals surface area (Å²) in [6, 6.07) is 10.3. The molecule has 2 aromatic carbocycles. The summed E-state index contributed by atoms with van der Waals surface area (Å²) in [7, 11) is 0. The van der Waals surface area contributed by atoms with Crippen molar-refractivity contribution >= 4 is 66.6 Å². The Bertz CT molecular complexity index is 815. The standard InChI is InChI=1S/C18H17Br2ClN2O3/c1-2-3-17(24)22-12-5-6-14(21)15(9-12)23-18(25)10-26-16-7-4-11(19)8-13(16)20/h4-9H,2-3,10H2,1H3,(H,22,24)(H,23,25). The summed E-state index contributed by atoms with van der Waals surface area (Å²) in [5.74, 6) is 0.101. The number of carbonyl (C=O) groups is 2. The third-order valence-corrected chi connectivity index (χ3v) is 4.70. The molecule has 0 aliphatic carbocycles. The zero-order valence-corrected chi connectivity index (χ0v) is 17.9. The highest BCUT2D eigenvalue weighted by molar-refractivity contribution is 9.11. The van der Waals surface area contributed by atoms with Crippen molar-refractivity contribution in [2.45, 2.75) is 19.8 Å². The Labute approximate surface area is 173 Å². The van der Waals surface area contributed by atoms with E-state index in [9.17, 15) is 9.59 Å². The van der Waals surface area contributed by atoms with Gasteiger partial charge < -0.3 is 15.4 Å². The number of carbonyl (C=O) groups excluding carboxylic acids is 2. The van der Waals surface area contributed by atoms with Crippen LogP contribution in [0.1, 0.15) is 19.8 Å². The van der Waals surface area contributed by atoms with Crippen LogP contribution in [0.5, 0.6) is 5.75 Å². The average molecular weight is 505 g/mol. The van der Waals surface area contributed by atoms with Crippen LogP contribution < -0.4 is 15.4 Å². The van der Waals surface area contributed by atoms with Crippen LogP contribution in [0.25, 0.3) is 0 Å². The van der Waals surface area contributed by atoms with Crippen LogP contribution in [0.15, 0.2) is 45.3 Å². The van der Waals surface area contributed by atoms with E-state index >= 15 is 0 Å². The van der Waals surface area contributed by atoms with Crippen molar-refractivity contribution in [2.24, 2.45) is 0 Å². The summed E-state index contributed by atoms with van der Waals surface area (Å²) in [5.41, 5.74) is 0.976.